The Morgan fingerprint density at radius 1 is 1.21 bits per heavy atom. The molecule has 8 heteroatoms. The number of amides is 1. The summed E-state index contributed by atoms with van der Waals surface area (Å²) in [6.45, 7) is 3.03. The van der Waals surface area contributed by atoms with E-state index in [1.54, 1.807) is 24.3 Å². The normalized spacial score (nSPS) is 13.9. The molecule has 1 aromatic heterocycles. The molecule has 176 valence electrons. The van der Waals surface area contributed by atoms with Crippen LogP contribution < -0.4 is 20.5 Å². The van der Waals surface area contributed by atoms with E-state index in [4.69, 9.17) is 26.8 Å². The minimum atomic E-state index is -0.784. The van der Waals surface area contributed by atoms with Crippen LogP contribution >= 0.6 is 11.6 Å². The molecule has 0 bridgehead atoms. The van der Waals surface area contributed by atoms with Crippen LogP contribution in [0.5, 0.6) is 11.5 Å². The Kier molecular flexibility index (Phi) is 7.39. The van der Waals surface area contributed by atoms with Gasteiger partial charge in [0.2, 0.25) is 0 Å². The Hall–Kier alpha value is -3.50. The molecule has 1 aliphatic rings. The van der Waals surface area contributed by atoms with Gasteiger partial charge in [0, 0.05) is 17.1 Å². The maximum atomic E-state index is 12.1. The molecule has 3 aromatic rings. The second-order valence-corrected chi connectivity index (χ2v) is 8.79. The number of nitriles is 1. The number of hydrogen-bond acceptors (Lipinski definition) is 6. The van der Waals surface area contributed by atoms with Crippen molar-refractivity contribution in [2.45, 2.75) is 39.0 Å². The molecular formula is C26H27ClN4O3. The summed E-state index contributed by atoms with van der Waals surface area (Å²) in [6.07, 6.45) is 6.19. The maximum absolute atomic E-state index is 12.1. The van der Waals surface area contributed by atoms with Gasteiger partial charge < -0.3 is 20.5 Å². The second kappa shape index (κ2) is 10.6. The summed E-state index contributed by atoms with van der Waals surface area (Å²) in [7, 11) is 0. The van der Waals surface area contributed by atoms with Crippen molar-refractivity contribution in [1.29, 1.82) is 5.26 Å². The molecule has 34 heavy (non-hydrogen) atoms. The van der Waals surface area contributed by atoms with E-state index in [9.17, 15) is 10.1 Å². The Morgan fingerprint density at radius 2 is 2.00 bits per heavy atom. The van der Waals surface area contributed by atoms with Crippen molar-refractivity contribution >= 4 is 39.8 Å². The third-order valence-corrected chi connectivity index (χ3v) is 6.31. The number of hydrogen-bond donors (Lipinski definition) is 2. The largest absolute Gasteiger partial charge is 0.494 e. The number of nitrogens with one attached hydrogen (secondary N) is 1. The van der Waals surface area contributed by atoms with Crippen molar-refractivity contribution in [3.63, 3.8) is 0 Å². The Balaban J connectivity index is 1.65. The van der Waals surface area contributed by atoms with Crippen LogP contribution in [-0.2, 0) is 0 Å². The SMILES string of the molecule is CCOc1ccc2c(Nc3ccc(OCC4CCCCC4)c(Cl)c3)c(C#N)c(C(N)=O)nc2c1. The predicted octanol–water partition coefficient (Wildman–Crippen LogP) is 5.96. The third-order valence-electron chi connectivity index (χ3n) is 6.01. The lowest BCUT2D eigenvalue weighted by molar-refractivity contribution is 0.0995. The summed E-state index contributed by atoms with van der Waals surface area (Å²) in [5, 5.41) is 14.2. The van der Waals surface area contributed by atoms with Crippen molar-refractivity contribution in [3.05, 3.63) is 52.7 Å². The summed E-state index contributed by atoms with van der Waals surface area (Å²) < 4.78 is 11.5. The average Bonchev–Trinajstić information content (AvgIpc) is 2.84. The first-order valence-corrected chi connectivity index (χ1v) is 11.9. The lowest BCUT2D eigenvalue weighted by atomic mass is 9.90. The lowest BCUT2D eigenvalue weighted by Crippen LogP contribution is -2.16. The highest BCUT2D eigenvalue weighted by molar-refractivity contribution is 6.32. The number of aromatic nitrogens is 1. The van der Waals surface area contributed by atoms with Crippen LogP contribution in [-0.4, -0.2) is 24.1 Å². The molecule has 3 N–H and O–H groups in total. The summed E-state index contributed by atoms with van der Waals surface area (Å²) in [5.41, 5.74) is 7.05. The molecule has 0 unspecified atom stereocenters. The van der Waals surface area contributed by atoms with Gasteiger partial charge in [-0.25, -0.2) is 4.98 Å². The zero-order valence-electron chi connectivity index (χ0n) is 19.1. The molecule has 1 fully saturated rings. The summed E-state index contributed by atoms with van der Waals surface area (Å²) >= 11 is 6.51. The number of carbonyl (C=O) groups is 1. The van der Waals surface area contributed by atoms with E-state index in [0.29, 0.717) is 57.9 Å². The highest BCUT2D eigenvalue weighted by Gasteiger charge is 2.20. The Morgan fingerprint density at radius 3 is 2.68 bits per heavy atom. The third kappa shape index (κ3) is 5.18. The monoisotopic (exact) mass is 478 g/mol. The van der Waals surface area contributed by atoms with Crippen LogP contribution in [0, 0.1) is 17.2 Å². The molecule has 0 aliphatic heterocycles. The number of nitrogens with two attached hydrogens (primary N) is 1. The van der Waals surface area contributed by atoms with Gasteiger partial charge in [0.1, 0.15) is 28.8 Å². The number of rotatable bonds is 8. The van der Waals surface area contributed by atoms with Gasteiger partial charge in [0.25, 0.3) is 5.91 Å². The molecule has 1 heterocycles. The van der Waals surface area contributed by atoms with E-state index in [1.807, 2.05) is 19.1 Å². The average molecular weight is 479 g/mol. The van der Waals surface area contributed by atoms with Gasteiger partial charge in [-0.05, 0) is 56.0 Å². The standard InChI is InChI=1S/C26H27ClN4O3/c1-2-33-18-9-10-19-22(13-18)31-25(26(29)32)20(14-28)24(19)30-17-8-11-23(21(27)12-17)34-15-16-6-4-3-5-7-16/h8-13,16H,2-7,15H2,1H3,(H2,29,32)(H,30,31). The minimum Gasteiger partial charge on any atom is -0.494 e. The van der Waals surface area contributed by atoms with Crippen LogP contribution in [0.3, 0.4) is 0 Å². The van der Waals surface area contributed by atoms with Crippen molar-refractivity contribution in [2.24, 2.45) is 11.7 Å². The number of pyridine rings is 1. The number of halogens is 1. The molecule has 1 aliphatic carbocycles. The topological polar surface area (TPSA) is 110 Å². The van der Waals surface area contributed by atoms with Crippen molar-refractivity contribution in [3.8, 4) is 17.6 Å². The van der Waals surface area contributed by atoms with Crippen LogP contribution in [0.1, 0.15) is 55.1 Å². The van der Waals surface area contributed by atoms with Gasteiger partial charge in [0.15, 0.2) is 0 Å². The number of nitrogens with zero attached hydrogens (tertiary/aromatic N) is 2. The van der Waals surface area contributed by atoms with E-state index in [0.717, 1.165) is 0 Å². The zero-order chi connectivity index (χ0) is 24.1. The number of primary amides is 1. The maximum Gasteiger partial charge on any atom is 0.268 e. The van der Waals surface area contributed by atoms with E-state index in [1.165, 1.54) is 32.1 Å². The number of carbonyl (C=O) groups excluding carboxylic acids is 1. The molecule has 0 saturated heterocycles. The van der Waals surface area contributed by atoms with Gasteiger partial charge in [-0.2, -0.15) is 5.26 Å². The summed E-state index contributed by atoms with van der Waals surface area (Å²) in [4.78, 5) is 16.4. The van der Waals surface area contributed by atoms with Gasteiger partial charge in [-0.3, -0.25) is 4.79 Å². The first-order valence-electron chi connectivity index (χ1n) is 11.5. The number of benzene rings is 2. The fraction of sp³-hybridized carbons (Fsp3) is 0.346. The minimum absolute atomic E-state index is 0.0675. The molecule has 1 saturated carbocycles. The first kappa shape index (κ1) is 23.7. The molecule has 2 aromatic carbocycles. The fourth-order valence-electron chi connectivity index (χ4n) is 4.32. The van der Waals surface area contributed by atoms with Crippen LogP contribution in [0.2, 0.25) is 5.02 Å². The fourth-order valence-corrected chi connectivity index (χ4v) is 4.55. The number of anilines is 2. The smallest absolute Gasteiger partial charge is 0.268 e. The van der Waals surface area contributed by atoms with Gasteiger partial charge >= 0.3 is 0 Å². The first-order chi connectivity index (χ1) is 16.5. The van der Waals surface area contributed by atoms with Crippen LogP contribution in [0.25, 0.3) is 10.9 Å². The van der Waals surface area contributed by atoms with Gasteiger partial charge in [-0.15, -0.1) is 0 Å². The Labute approximate surface area is 203 Å². The highest BCUT2D eigenvalue weighted by atomic mass is 35.5. The van der Waals surface area contributed by atoms with Crippen LogP contribution in [0.15, 0.2) is 36.4 Å². The number of ether oxygens (including phenoxy) is 2. The Bertz CT molecular complexity index is 1250. The quantitative estimate of drug-likeness (QED) is 0.413. The molecule has 0 radical (unpaired) electrons. The van der Waals surface area contributed by atoms with E-state index >= 15 is 0 Å². The predicted molar refractivity (Wildman–Crippen MR) is 133 cm³/mol. The molecular weight excluding hydrogens is 452 g/mol. The van der Waals surface area contributed by atoms with Gasteiger partial charge in [-0.1, -0.05) is 30.9 Å². The van der Waals surface area contributed by atoms with Crippen molar-refractivity contribution in [1.82, 2.24) is 4.98 Å². The highest BCUT2D eigenvalue weighted by Crippen LogP contribution is 2.35. The second-order valence-electron chi connectivity index (χ2n) is 8.38. The van der Waals surface area contributed by atoms with Crippen molar-refractivity contribution < 1.29 is 14.3 Å². The summed E-state index contributed by atoms with van der Waals surface area (Å²) in [5.74, 6) is 1.01. The zero-order valence-corrected chi connectivity index (χ0v) is 19.8. The summed E-state index contributed by atoms with van der Waals surface area (Å²) in [6, 6.07) is 12.7. The molecule has 0 spiro atoms. The molecule has 1 amide bonds. The molecule has 4 rings (SSSR count). The van der Waals surface area contributed by atoms with Crippen molar-refractivity contribution in [2.75, 3.05) is 18.5 Å². The van der Waals surface area contributed by atoms with Gasteiger partial charge in [0.05, 0.1) is 29.4 Å². The number of fused-ring (bicyclic) bond motifs is 1. The molecule has 0 atom stereocenters. The van der Waals surface area contributed by atoms with Crippen LogP contribution in [0.4, 0.5) is 11.4 Å². The molecule has 7 nitrogen and oxygen atoms in total. The van der Waals surface area contributed by atoms with E-state index < -0.39 is 5.91 Å². The van der Waals surface area contributed by atoms with E-state index in [-0.39, 0.29) is 11.3 Å². The lowest BCUT2D eigenvalue weighted by Gasteiger charge is -2.22. The van der Waals surface area contributed by atoms with E-state index in [2.05, 4.69) is 16.4 Å².